The molecule has 0 saturated carbocycles. The van der Waals surface area contributed by atoms with E-state index in [1.165, 1.54) is 30.3 Å². The van der Waals surface area contributed by atoms with Crippen LogP contribution in [-0.4, -0.2) is 4.92 Å². The van der Waals surface area contributed by atoms with Crippen LogP contribution >= 0.6 is 27.5 Å². The SMILES string of the molecule is O=[N+]([O-])c1cc(Br)cc(CNc2cc(Cl)ccc2F)c1. The minimum Gasteiger partial charge on any atom is -0.379 e. The Morgan fingerprint density at radius 3 is 2.75 bits per heavy atom. The van der Waals surface area contributed by atoms with Crippen LogP contribution in [0.4, 0.5) is 15.8 Å². The molecule has 20 heavy (non-hydrogen) atoms. The molecule has 0 radical (unpaired) electrons. The predicted molar refractivity (Wildman–Crippen MR) is 79.5 cm³/mol. The molecule has 1 N–H and O–H groups in total. The minimum absolute atomic E-state index is 0.0252. The molecule has 2 aromatic rings. The second-order valence-corrected chi connectivity index (χ2v) is 5.40. The van der Waals surface area contributed by atoms with Crippen molar-refractivity contribution in [1.29, 1.82) is 0 Å². The van der Waals surface area contributed by atoms with E-state index in [4.69, 9.17) is 11.6 Å². The van der Waals surface area contributed by atoms with Gasteiger partial charge in [-0.3, -0.25) is 10.1 Å². The molecule has 104 valence electrons. The molecule has 0 atom stereocenters. The Hall–Kier alpha value is -1.66. The Labute approximate surface area is 127 Å². The number of nitrogens with one attached hydrogen (secondary N) is 1. The first-order valence-corrected chi connectivity index (χ1v) is 6.75. The Balaban J connectivity index is 2.18. The summed E-state index contributed by atoms with van der Waals surface area (Å²) in [5, 5.41) is 14.0. The minimum atomic E-state index is -0.478. The standard InChI is InChI=1S/C13H9BrClFN2O2/c14-9-3-8(4-11(5-9)18(19)20)7-17-13-6-10(15)1-2-12(13)16/h1-6,17H,7H2. The molecule has 0 heterocycles. The molecule has 0 fully saturated rings. The Morgan fingerprint density at radius 2 is 2.05 bits per heavy atom. The number of anilines is 1. The van der Waals surface area contributed by atoms with Crippen molar-refractivity contribution in [3.05, 3.63) is 67.4 Å². The highest BCUT2D eigenvalue weighted by Gasteiger charge is 2.09. The highest BCUT2D eigenvalue weighted by atomic mass is 79.9. The number of nitro benzene ring substituents is 1. The topological polar surface area (TPSA) is 55.2 Å². The lowest BCUT2D eigenvalue weighted by Crippen LogP contribution is -2.02. The third-order valence-corrected chi connectivity index (χ3v) is 3.26. The van der Waals surface area contributed by atoms with Gasteiger partial charge in [-0.2, -0.15) is 0 Å². The van der Waals surface area contributed by atoms with Gasteiger partial charge in [-0.05, 0) is 29.8 Å². The van der Waals surface area contributed by atoms with Gasteiger partial charge in [-0.15, -0.1) is 0 Å². The van der Waals surface area contributed by atoms with Crippen LogP contribution in [0.2, 0.25) is 5.02 Å². The maximum absolute atomic E-state index is 13.5. The lowest BCUT2D eigenvalue weighted by molar-refractivity contribution is -0.385. The van der Waals surface area contributed by atoms with E-state index in [0.717, 1.165) is 0 Å². The van der Waals surface area contributed by atoms with Gasteiger partial charge in [0.15, 0.2) is 0 Å². The number of nitrogens with zero attached hydrogens (tertiary/aromatic N) is 1. The summed E-state index contributed by atoms with van der Waals surface area (Å²) in [6, 6.07) is 8.73. The summed E-state index contributed by atoms with van der Waals surface area (Å²) in [6.45, 7) is 0.248. The molecule has 4 nitrogen and oxygen atoms in total. The first-order chi connectivity index (χ1) is 9.45. The van der Waals surface area contributed by atoms with Crippen LogP contribution in [0.15, 0.2) is 40.9 Å². The van der Waals surface area contributed by atoms with E-state index in [2.05, 4.69) is 21.2 Å². The molecule has 0 unspecified atom stereocenters. The van der Waals surface area contributed by atoms with Crippen molar-refractivity contribution in [1.82, 2.24) is 0 Å². The zero-order valence-corrected chi connectivity index (χ0v) is 12.4. The van der Waals surface area contributed by atoms with Crippen LogP contribution in [-0.2, 0) is 6.54 Å². The Bertz CT molecular complexity index is 667. The van der Waals surface area contributed by atoms with Crippen LogP contribution in [0.3, 0.4) is 0 Å². The fourth-order valence-corrected chi connectivity index (χ4v) is 2.37. The smallest absolute Gasteiger partial charge is 0.270 e. The summed E-state index contributed by atoms with van der Waals surface area (Å²) >= 11 is 8.99. The molecular formula is C13H9BrClFN2O2. The van der Waals surface area contributed by atoms with E-state index in [0.29, 0.717) is 15.1 Å². The van der Waals surface area contributed by atoms with Gasteiger partial charge < -0.3 is 5.32 Å². The summed E-state index contributed by atoms with van der Waals surface area (Å²) in [7, 11) is 0. The number of non-ortho nitro benzene ring substituents is 1. The average Bonchev–Trinajstić information content (AvgIpc) is 2.39. The second kappa shape index (κ2) is 6.19. The van der Waals surface area contributed by atoms with Crippen LogP contribution < -0.4 is 5.32 Å². The van der Waals surface area contributed by atoms with Gasteiger partial charge in [0.1, 0.15) is 5.82 Å². The molecule has 0 aromatic heterocycles. The van der Waals surface area contributed by atoms with Crippen molar-refractivity contribution in [2.24, 2.45) is 0 Å². The highest BCUT2D eigenvalue weighted by Crippen LogP contribution is 2.24. The van der Waals surface area contributed by atoms with Crippen LogP contribution in [0.1, 0.15) is 5.56 Å². The third kappa shape index (κ3) is 3.68. The molecular weight excluding hydrogens is 351 g/mol. The molecule has 0 aliphatic carbocycles. The van der Waals surface area contributed by atoms with Gasteiger partial charge in [-0.25, -0.2) is 4.39 Å². The van der Waals surface area contributed by atoms with Gasteiger partial charge >= 0.3 is 0 Å². The first kappa shape index (κ1) is 14.7. The van der Waals surface area contributed by atoms with E-state index >= 15 is 0 Å². The molecule has 0 spiro atoms. The average molecular weight is 360 g/mol. The molecule has 0 aliphatic rings. The molecule has 0 amide bonds. The fraction of sp³-hybridized carbons (Fsp3) is 0.0769. The van der Waals surface area contributed by atoms with Crippen molar-refractivity contribution in [3.63, 3.8) is 0 Å². The number of nitro groups is 1. The molecule has 0 bridgehead atoms. The number of benzene rings is 2. The zero-order valence-electron chi connectivity index (χ0n) is 10.1. The van der Waals surface area contributed by atoms with Crippen LogP contribution in [0, 0.1) is 15.9 Å². The molecule has 7 heteroatoms. The van der Waals surface area contributed by atoms with Crippen molar-refractivity contribution in [2.75, 3.05) is 5.32 Å². The first-order valence-electron chi connectivity index (χ1n) is 5.58. The maximum Gasteiger partial charge on any atom is 0.270 e. The summed E-state index contributed by atoms with van der Waals surface area (Å²) < 4.78 is 14.1. The largest absolute Gasteiger partial charge is 0.379 e. The molecule has 2 aromatic carbocycles. The second-order valence-electron chi connectivity index (χ2n) is 4.05. The highest BCUT2D eigenvalue weighted by molar-refractivity contribution is 9.10. The quantitative estimate of drug-likeness (QED) is 0.632. The van der Waals surface area contributed by atoms with Crippen molar-refractivity contribution < 1.29 is 9.31 Å². The fourth-order valence-electron chi connectivity index (χ4n) is 1.67. The summed E-state index contributed by atoms with van der Waals surface area (Å²) in [6.07, 6.45) is 0. The number of hydrogen-bond acceptors (Lipinski definition) is 3. The normalized spacial score (nSPS) is 10.3. The number of halogens is 3. The van der Waals surface area contributed by atoms with E-state index < -0.39 is 10.7 Å². The third-order valence-electron chi connectivity index (χ3n) is 2.56. The van der Waals surface area contributed by atoms with Crippen molar-refractivity contribution >= 4 is 38.9 Å². The number of rotatable bonds is 4. The summed E-state index contributed by atoms with van der Waals surface area (Å²) in [5.74, 6) is -0.432. The summed E-state index contributed by atoms with van der Waals surface area (Å²) in [5.41, 5.74) is 0.883. The van der Waals surface area contributed by atoms with E-state index in [9.17, 15) is 14.5 Å². The van der Waals surface area contributed by atoms with Gasteiger partial charge in [-0.1, -0.05) is 27.5 Å². The molecule has 0 aliphatic heterocycles. The number of hydrogen-bond donors (Lipinski definition) is 1. The van der Waals surface area contributed by atoms with E-state index in [-0.39, 0.29) is 17.9 Å². The zero-order chi connectivity index (χ0) is 14.7. The van der Waals surface area contributed by atoms with Gasteiger partial charge in [0, 0.05) is 28.2 Å². The van der Waals surface area contributed by atoms with E-state index in [1.54, 1.807) is 6.07 Å². The summed E-state index contributed by atoms with van der Waals surface area (Å²) in [4.78, 5) is 10.3. The van der Waals surface area contributed by atoms with Gasteiger partial charge in [0.2, 0.25) is 0 Å². The molecule has 0 saturated heterocycles. The van der Waals surface area contributed by atoms with Gasteiger partial charge in [0.05, 0.1) is 10.6 Å². The lowest BCUT2D eigenvalue weighted by atomic mass is 10.2. The maximum atomic E-state index is 13.5. The van der Waals surface area contributed by atoms with Crippen molar-refractivity contribution in [3.8, 4) is 0 Å². The lowest BCUT2D eigenvalue weighted by Gasteiger charge is -2.08. The monoisotopic (exact) mass is 358 g/mol. The Morgan fingerprint density at radius 1 is 1.30 bits per heavy atom. The molecule has 2 rings (SSSR count). The van der Waals surface area contributed by atoms with E-state index in [1.807, 2.05) is 0 Å². The van der Waals surface area contributed by atoms with Gasteiger partial charge in [0.25, 0.3) is 5.69 Å². The van der Waals surface area contributed by atoms with Crippen molar-refractivity contribution in [2.45, 2.75) is 6.54 Å². The van der Waals surface area contributed by atoms with Crippen LogP contribution in [0.25, 0.3) is 0 Å². The predicted octanol–water partition coefficient (Wildman–Crippen LogP) is 4.76. The Kier molecular flexibility index (Phi) is 4.57. The van der Waals surface area contributed by atoms with Crippen LogP contribution in [0.5, 0.6) is 0 Å².